The van der Waals surface area contributed by atoms with Gasteiger partial charge in [-0.15, -0.1) is 24.8 Å². The standard InChI is InChI=1S/C12H25N3O.2ClH/c1-4-15(5-2)9-8-14-11(16)12(3)6-7-13-10-12;;/h13H,4-10H2,1-3H3,(H,14,16);2*1H. The molecule has 18 heavy (non-hydrogen) atoms. The van der Waals surface area contributed by atoms with Crippen molar-refractivity contribution in [2.45, 2.75) is 27.2 Å². The van der Waals surface area contributed by atoms with E-state index >= 15 is 0 Å². The molecule has 0 aliphatic carbocycles. The van der Waals surface area contributed by atoms with Crippen molar-refractivity contribution in [3.8, 4) is 0 Å². The summed E-state index contributed by atoms with van der Waals surface area (Å²) >= 11 is 0. The fourth-order valence-corrected chi connectivity index (χ4v) is 2.09. The van der Waals surface area contributed by atoms with Crippen molar-refractivity contribution in [3.05, 3.63) is 0 Å². The molecule has 1 unspecified atom stereocenters. The molecule has 1 aliphatic heterocycles. The van der Waals surface area contributed by atoms with Crippen LogP contribution >= 0.6 is 24.8 Å². The third-order valence-electron chi connectivity index (χ3n) is 3.52. The van der Waals surface area contributed by atoms with E-state index in [2.05, 4.69) is 29.4 Å². The second-order valence-corrected chi connectivity index (χ2v) is 4.77. The largest absolute Gasteiger partial charge is 0.354 e. The molecule has 1 fully saturated rings. The minimum absolute atomic E-state index is 0. The molecule has 1 rings (SSSR count). The van der Waals surface area contributed by atoms with Crippen molar-refractivity contribution in [2.24, 2.45) is 5.41 Å². The summed E-state index contributed by atoms with van der Waals surface area (Å²) in [5.41, 5.74) is -0.191. The van der Waals surface area contributed by atoms with Gasteiger partial charge < -0.3 is 15.5 Å². The van der Waals surface area contributed by atoms with E-state index in [1.54, 1.807) is 0 Å². The van der Waals surface area contributed by atoms with Gasteiger partial charge in [-0.05, 0) is 33.0 Å². The first-order chi connectivity index (χ1) is 7.62. The molecule has 0 bridgehead atoms. The van der Waals surface area contributed by atoms with Crippen LogP contribution in [0.5, 0.6) is 0 Å². The van der Waals surface area contributed by atoms with Gasteiger partial charge in [-0.3, -0.25) is 4.79 Å². The number of halogens is 2. The van der Waals surface area contributed by atoms with Crippen molar-refractivity contribution in [1.29, 1.82) is 0 Å². The molecule has 1 amide bonds. The van der Waals surface area contributed by atoms with Crippen molar-refractivity contribution < 1.29 is 4.79 Å². The van der Waals surface area contributed by atoms with Gasteiger partial charge in [0.1, 0.15) is 0 Å². The van der Waals surface area contributed by atoms with Crippen LogP contribution in [0.2, 0.25) is 0 Å². The second-order valence-electron chi connectivity index (χ2n) is 4.77. The predicted molar refractivity (Wildman–Crippen MR) is 80.9 cm³/mol. The van der Waals surface area contributed by atoms with Crippen LogP contribution in [0.25, 0.3) is 0 Å². The van der Waals surface area contributed by atoms with E-state index in [0.29, 0.717) is 0 Å². The van der Waals surface area contributed by atoms with E-state index in [9.17, 15) is 4.79 Å². The van der Waals surface area contributed by atoms with Crippen molar-refractivity contribution >= 4 is 30.7 Å². The van der Waals surface area contributed by atoms with Gasteiger partial charge in [0.25, 0.3) is 0 Å². The predicted octanol–water partition coefficient (Wildman–Crippen LogP) is 1.29. The topological polar surface area (TPSA) is 44.4 Å². The Morgan fingerprint density at radius 3 is 2.39 bits per heavy atom. The number of amides is 1. The number of hydrogen-bond acceptors (Lipinski definition) is 3. The smallest absolute Gasteiger partial charge is 0.227 e. The summed E-state index contributed by atoms with van der Waals surface area (Å²) in [6.07, 6.45) is 0.949. The molecule has 1 aliphatic rings. The molecule has 1 saturated heterocycles. The molecule has 1 heterocycles. The number of hydrogen-bond donors (Lipinski definition) is 2. The van der Waals surface area contributed by atoms with Crippen molar-refractivity contribution in [1.82, 2.24) is 15.5 Å². The van der Waals surface area contributed by atoms with Crippen molar-refractivity contribution in [2.75, 3.05) is 39.3 Å². The highest BCUT2D eigenvalue weighted by Gasteiger charge is 2.35. The lowest BCUT2D eigenvalue weighted by molar-refractivity contribution is -0.129. The fraction of sp³-hybridized carbons (Fsp3) is 0.917. The van der Waals surface area contributed by atoms with Crippen LogP contribution in [0, 0.1) is 5.41 Å². The zero-order valence-corrected chi connectivity index (χ0v) is 13.3. The maximum Gasteiger partial charge on any atom is 0.227 e. The van der Waals surface area contributed by atoms with E-state index in [1.165, 1.54) is 0 Å². The van der Waals surface area contributed by atoms with E-state index < -0.39 is 0 Å². The summed E-state index contributed by atoms with van der Waals surface area (Å²) in [5, 5.41) is 6.29. The first-order valence-corrected chi connectivity index (χ1v) is 6.33. The van der Waals surface area contributed by atoms with Crippen LogP contribution < -0.4 is 10.6 Å². The summed E-state index contributed by atoms with van der Waals surface area (Å²) in [6.45, 7) is 11.9. The lowest BCUT2D eigenvalue weighted by atomic mass is 9.89. The molecule has 0 aromatic carbocycles. The summed E-state index contributed by atoms with van der Waals surface area (Å²) in [6, 6.07) is 0. The Bertz CT molecular complexity index is 229. The van der Waals surface area contributed by atoms with E-state index in [-0.39, 0.29) is 36.1 Å². The van der Waals surface area contributed by atoms with Gasteiger partial charge in [0.15, 0.2) is 0 Å². The number of carbonyl (C=O) groups is 1. The number of likely N-dealkylation sites (N-methyl/N-ethyl adjacent to an activating group) is 1. The Hall–Kier alpha value is -0.0300. The lowest BCUT2D eigenvalue weighted by Crippen LogP contribution is -2.43. The molecule has 110 valence electrons. The Morgan fingerprint density at radius 1 is 1.33 bits per heavy atom. The molecule has 0 aromatic rings. The molecule has 2 N–H and O–H groups in total. The van der Waals surface area contributed by atoms with E-state index in [0.717, 1.165) is 45.7 Å². The third kappa shape index (κ3) is 5.74. The van der Waals surface area contributed by atoms with Crippen molar-refractivity contribution in [3.63, 3.8) is 0 Å². The molecule has 0 spiro atoms. The number of nitrogens with one attached hydrogen (secondary N) is 2. The minimum Gasteiger partial charge on any atom is -0.354 e. The number of nitrogens with zero attached hydrogens (tertiary/aromatic N) is 1. The van der Waals surface area contributed by atoms with E-state index in [4.69, 9.17) is 0 Å². The van der Waals surface area contributed by atoms with E-state index in [1.807, 2.05) is 6.92 Å². The maximum absolute atomic E-state index is 12.0. The molecule has 1 atom stereocenters. The third-order valence-corrected chi connectivity index (χ3v) is 3.52. The van der Waals surface area contributed by atoms with Crippen LogP contribution in [0.3, 0.4) is 0 Å². The van der Waals surface area contributed by atoms with Gasteiger partial charge in [0, 0.05) is 19.6 Å². The van der Waals surface area contributed by atoms with Gasteiger partial charge in [0.2, 0.25) is 5.91 Å². The highest BCUT2D eigenvalue weighted by Crippen LogP contribution is 2.24. The quantitative estimate of drug-likeness (QED) is 0.777. The van der Waals surface area contributed by atoms with Crippen LogP contribution in [-0.2, 0) is 4.79 Å². The average Bonchev–Trinajstić information content (AvgIpc) is 2.72. The van der Waals surface area contributed by atoms with Crippen LogP contribution in [-0.4, -0.2) is 50.1 Å². The van der Waals surface area contributed by atoms with Crippen LogP contribution in [0.15, 0.2) is 0 Å². The zero-order valence-electron chi connectivity index (χ0n) is 11.6. The van der Waals surface area contributed by atoms with Gasteiger partial charge in [-0.25, -0.2) is 0 Å². The highest BCUT2D eigenvalue weighted by atomic mass is 35.5. The first kappa shape index (κ1) is 20.3. The second kappa shape index (κ2) is 9.84. The summed E-state index contributed by atoms with van der Waals surface area (Å²) in [4.78, 5) is 14.3. The minimum atomic E-state index is -0.191. The maximum atomic E-state index is 12.0. The Balaban J connectivity index is 0. The van der Waals surface area contributed by atoms with Gasteiger partial charge in [0.05, 0.1) is 5.41 Å². The summed E-state index contributed by atoms with van der Waals surface area (Å²) in [5.74, 6) is 0.199. The summed E-state index contributed by atoms with van der Waals surface area (Å²) in [7, 11) is 0. The molecular formula is C12H27Cl2N3O. The Kier molecular flexibility index (Phi) is 11.1. The van der Waals surface area contributed by atoms with Gasteiger partial charge in [-0.2, -0.15) is 0 Å². The molecule has 6 heteroatoms. The highest BCUT2D eigenvalue weighted by molar-refractivity contribution is 5.85. The molecule has 0 aromatic heterocycles. The fourth-order valence-electron chi connectivity index (χ4n) is 2.09. The number of carbonyl (C=O) groups excluding carboxylic acids is 1. The van der Waals surface area contributed by atoms with Crippen LogP contribution in [0.1, 0.15) is 27.2 Å². The average molecular weight is 300 g/mol. The molecular weight excluding hydrogens is 273 g/mol. The monoisotopic (exact) mass is 299 g/mol. The van der Waals surface area contributed by atoms with Gasteiger partial charge >= 0.3 is 0 Å². The summed E-state index contributed by atoms with van der Waals surface area (Å²) < 4.78 is 0. The molecule has 0 radical (unpaired) electrons. The lowest BCUT2D eigenvalue weighted by Gasteiger charge is -2.23. The Morgan fingerprint density at radius 2 is 1.94 bits per heavy atom. The van der Waals surface area contributed by atoms with Crippen LogP contribution in [0.4, 0.5) is 0 Å². The normalized spacial score (nSPS) is 22.2. The zero-order chi connectivity index (χ0) is 12.0. The SMILES string of the molecule is CCN(CC)CCNC(=O)C1(C)CCNC1.Cl.Cl. The molecule has 4 nitrogen and oxygen atoms in total. The first-order valence-electron chi connectivity index (χ1n) is 6.33. The Labute approximate surface area is 123 Å². The molecule has 0 saturated carbocycles. The van der Waals surface area contributed by atoms with Gasteiger partial charge in [-0.1, -0.05) is 13.8 Å². The number of rotatable bonds is 6.